The predicted molar refractivity (Wildman–Crippen MR) is 63.7 cm³/mol. The highest BCUT2D eigenvalue weighted by atomic mass is 17.2. The zero-order valence-corrected chi connectivity index (χ0v) is 11.2. The van der Waals surface area contributed by atoms with E-state index in [4.69, 9.17) is 9.78 Å². The van der Waals surface area contributed by atoms with Crippen molar-refractivity contribution in [3.8, 4) is 0 Å². The van der Waals surface area contributed by atoms with Crippen molar-refractivity contribution in [3.63, 3.8) is 0 Å². The van der Waals surface area contributed by atoms with Gasteiger partial charge in [-0.1, -0.05) is 13.8 Å². The molecule has 4 nitrogen and oxygen atoms in total. The van der Waals surface area contributed by atoms with Gasteiger partial charge < -0.3 is 0 Å². The van der Waals surface area contributed by atoms with E-state index in [1.807, 2.05) is 6.92 Å². The van der Waals surface area contributed by atoms with Crippen molar-refractivity contribution in [1.29, 1.82) is 0 Å². The Hall–Kier alpha value is -0.740. The number of carbonyl (C=O) groups excluding carboxylic acids is 2. The average Bonchev–Trinajstić information content (AvgIpc) is 2.33. The van der Waals surface area contributed by atoms with Gasteiger partial charge in [-0.25, -0.2) is 9.78 Å². The van der Waals surface area contributed by atoms with Gasteiger partial charge >= 0.3 is 0 Å². The van der Waals surface area contributed by atoms with E-state index >= 15 is 0 Å². The summed E-state index contributed by atoms with van der Waals surface area (Å²) >= 11 is 0. The predicted octanol–water partition coefficient (Wildman–Crippen LogP) is 2.20. The number of Topliss-reactive ketones (excluding diaryl/α,β-unsaturated/α-hetero) is 2. The first-order valence-corrected chi connectivity index (χ1v) is 6.73. The lowest BCUT2D eigenvalue weighted by atomic mass is 9.45. The molecule has 2 saturated carbocycles. The maximum Gasteiger partial charge on any atom is 0.168 e. The Labute approximate surface area is 107 Å². The van der Waals surface area contributed by atoms with Gasteiger partial charge in [0, 0.05) is 18.3 Å². The van der Waals surface area contributed by atoms with Gasteiger partial charge in [-0.2, -0.15) is 0 Å². The van der Waals surface area contributed by atoms with Gasteiger partial charge in [0.05, 0.1) is 0 Å². The molecule has 1 spiro atoms. The highest BCUT2D eigenvalue weighted by Crippen LogP contribution is 2.64. The molecule has 3 atom stereocenters. The molecule has 2 bridgehead atoms. The van der Waals surface area contributed by atoms with Crippen LogP contribution in [0.3, 0.4) is 0 Å². The summed E-state index contributed by atoms with van der Waals surface area (Å²) in [4.78, 5) is 34.8. The molecule has 1 saturated heterocycles. The minimum absolute atomic E-state index is 0.00160. The molecular formula is C14H20O4. The van der Waals surface area contributed by atoms with Crippen molar-refractivity contribution in [1.82, 2.24) is 0 Å². The molecule has 0 aromatic heterocycles. The normalized spacial score (nSPS) is 46.7. The maximum atomic E-state index is 12.3. The fourth-order valence-electron chi connectivity index (χ4n) is 4.26. The molecule has 0 radical (unpaired) electrons. The first-order valence-electron chi connectivity index (χ1n) is 6.73. The van der Waals surface area contributed by atoms with E-state index in [0.29, 0.717) is 19.3 Å². The van der Waals surface area contributed by atoms with Gasteiger partial charge in [0.1, 0.15) is 0 Å². The zero-order valence-electron chi connectivity index (χ0n) is 11.2. The third-order valence-electron chi connectivity index (χ3n) is 5.74. The van der Waals surface area contributed by atoms with Gasteiger partial charge in [-0.15, -0.1) is 0 Å². The van der Waals surface area contributed by atoms with E-state index in [-0.39, 0.29) is 22.4 Å². The largest absolute Gasteiger partial charge is 0.297 e. The van der Waals surface area contributed by atoms with E-state index in [2.05, 4.69) is 13.8 Å². The number of fused-ring (bicyclic) bond motifs is 1. The highest BCUT2D eigenvalue weighted by Gasteiger charge is 2.68. The second-order valence-corrected chi connectivity index (χ2v) is 6.76. The summed E-state index contributed by atoms with van der Waals surface area (Å²) in [6.07, 6.45) is 2.79. The van der Waals surface area contributed by atoms with Crippen LogP contribution in [0.15, 0.2) is 0 Å². The second kappa shape index (κ2) is 3.42. The van der Waals surface area contributed by atoms with Crippen LogP contribution >= 0.6 is 0 Å². The SMILES string of the molecule is CC1(C)CCC(=O)[C@]2(C)OO[C@H]3C[C@@]12CCC3=O. The molecule has 3 fully saturated rings. The van der Waals surface area contributed by atoms with Gasteiger partial charge in [0.25, 0.3) is 0 Å². The quantitative estimate of drug-likeness (QED) is 0.620. The molecule has 3 aliphatic rings. The van der Waals surface area contributed by atoms with Crippen molar-refractivity contribution >= 4 is 11.6 Å². The summed E-state index contributed by atoms with van der Waals surface area (Å²) in [5, 5.41) is 0. The minimum atomic E-state index is -0.883. The summed E-state index contributed by atoms with van der Waals surface area (Å²) < 4.78 is 0. The molecule has 0 amide bonds. The van der Waals surface area contributed by atoms with Crippen LogP contribution in [0, 0.1) is 10.8 Å². The van der Waals surface area contributed by atoms with E-state index in [9.17, 15) is 9.59 Å². The molecule has 0 N–H and O–H groups in total. The van der Waals surface area contributed by atoms with E-state index in [1.54, 1.807) is 0 Å². The van der Waals surface area contributed by atoms with Gasteiger partial charge in [-0.05, 0) is 31.6 Å². The van der Waals surface area contributed by atoms with Crippen LogP contribution in [0.1, 0.15) is 52.9 Å². The van der Waals surface area contributed by atoms with Crippen LogP contribution in [0.2, 0.25) is 0 Å². The van der Waals surface area contributed by atoms with Gasteiger partial charge in [0.15, 0.2) is 23.3 Å². The summed E-state index contributed by atoms with van der Waals surface area (Å²) in [7, 11) is 0. The number of rotatable bonds is 0. The third kappa shape index (κ3) is 1.23. The average molecular weight is 252 g/mol. The Morgan fingerprint density at radius 3 is 2.56 bits per heavy atom. The molecule has 100 valence electrons. The fourth-order valence-corrected chi connectivity index (χ4v) is 4.26. The highest BCUT2D eigenvalue weighted by molar-refractivity contribution is 5.91. The molecule has 0 aromatic carbocycles. The van der Waals surface area contributed by atoms with Crippen LogP contribution in [0.4, 0.5) is 0 Å². The molecular weight excluding hydrogens is 232 g/mol. The van der Waals surface area contributed by atoms with Crippen LogP contribution in [0.5, 0.6) is 0 Å². The van der Waals surface area contributed by atoms with Crippen LogP contribution in [-0.2, 0) is 19.4 Å². The summed E-state index contributed by atoms with van der Waals surface area (Å²) in [5.41, 5.74) is -1.14. The summed E-state index contributed by atoms with van der Waals surface area (Å²) in [6, 6.07) is 0. The molecule has 1 heterocycles. The van der Waals surface area contributed by atoms with Crippen molar-refractivity contribution in [2.45, 2.75) is 64.6 Å². The van der Waals surface area contributed by atoms with Crippen molar-refractivity contribution in [3.05, 3.63) is 0 Å². The number of ketones is 2. The Balaban J connectivity index is 2.11. The molecule has 2 aliphatic carbocycles. The van der Waals surface area contributed by atoms with Crippen molar-refractivity contribution in [2.75, 3.05) is 0 Å². The molecule has 0 unspecified atom stereocenters. The number of carbonyl (C=O) groups is 2. The Kier molecular flexibility index (Phi) is 2.34. The standard InChI is InChI=1S/C14H20O4/c1-12(2)6-5-11(16)13(3)14(12)7-4-9(15)10(8-14)17-18-13/h10H,4-8H2,1-3H3/t10-,13-,14-/m0/s1. The monoisotopic (exact) mass is 252 g/mol. The van der Waals surface area contributed by atoms with Crippen LogP contribution in [-0.4, -0.2) is 23.3 Å². The summed E-state index contributed by atoms with van der Waals surface area (Å²) in [5.74, 6) is 0.228. The maximum absolute atomic E-state index is 12.3. The number of hydrogen-bond acceptors (Lipinski definition) is 4. The lowest BCUT2D eigenvalue weighted by molar-refractivity contribution is -0.435. The zero-order chi connectivity index (χ0) is 13.2. The molecule has 4 heteroatoms. The Morgan fingerprint density at radius 2 is 1.83 bits per heavy atom. The first-order chi connectivity index (χ1) is 8.32. The first kappa shape index (κ1) is 12.3. The van der Waals surface area contributed by atoms with E-state index in [0.717, 1.165) is 12.8 Å². The molecule has 1 aliphatic heterocycles. The molecule has 3 rings (SSSR count). The summed E-state index contributed by atoms with van der Waals surface area (Å²) in [6.45, 7) is 6.24. The van der Waals surface area contributed by atoms with Crippen molar-refractivity contribution in [2.24, 2.45) is 10.8 Å². The molecule has 18 heavy (non-hydrogen) atoms. The lowest BCUT2D eigenvalue weighted by Gasteiger charge is -2.62. The topological polar surface area (TPSA) is 52.6 Å². The minimum Gasteiger partial charge on any atom is -0.297 e. The van der Waals surface area contributed by atoms with Crippen LogP contribution < -0.4 is 0 Å². The van der Waals surface area contributed by atoms with E-state index in [1.165, 1.54) is 0 Å². The Bertz CT molecular complexity index is 428. The Morgan fingerprint density at radius 1 is 1.11 bits per heavy atom. The number of hydrogen-bond donors (Lipinski definition) is 0. The lowest BCUT2D eigenvalue weighted by Crippen LogP contribution is -2.69. The molecule has 0 aromatic rings. The fraction of sp³-hybridized carbons (Fsp3) is 0.857. The smallest absolute Gasteiger partial charge is 0.168 e. The van der Waals surface area contributed by atoms with Crippen molar-refractivity contribution < 1.29 is 19.4 Å². The second-order valence-electron chi connectivity index (χ2n) is 6.76. The third-order valence-corrected chi connectivity index (χ3v) is 5.74. The van der Waals surface area contributed by atoms with Gasteiger partial charge in [-0.3, -0.25) is 9.59 Å². The van der Waals surface area contributed by atoms with Gasteiger partial charge in [0.2, 0.25) is 0 Å². The van der Waals surface area contributed by atoms with E-state index < -0.39 is 11.7 Å². The van der Waals surface area contributed by atoms with Crippen LogP contribution in [0.25, 0.3) is 0 Å².